The lowest BCUT2D eigenvalue weighted by Crippen LogP contribution is -2.16. The van der Waals surface area contributed by atoms with Crippen LogP contribution in [-0.2, 0) is 17.3 Å². The highest BCUT2D eigenvalue weighted by atomic mass is 16.3. The molecule has 170 valence electrons. The molecule has 0 fully saturated rings. The third-order valence-corrected chi connectivity index (χ3v) is 6.22. The smallest absolute Gasteiger partial charge is 0.123 e. The van der Waals surface area contributed by atoms with E-state index in [1.165, 1.54) is 5.56 Å². The Kier molecular flexibility index (Phi) is 6.47. The van der Waals surface area contributed by atoms with E-state index >= 15 is 0 Å². The molecule has 0 heterocycles. The molecule has 2 nitrogen and oxygen atoms in total. The normalized spacial score (nSPS) is 12.4. The van der Waals surface area contributed by atoms with Crippen LogP contribution >= 0.6 is 0 Å². The van der Waals surface area contributed by atoms with Crippen LogP contribution < -0.4 is 0 Å². The summed E-state index contributed by atoms with van der Waals surface area (Å²) in [6.07, 6.45) is 0.696. The number of aromatic hydroxyl groups is 2. The molecule has 0 saturated carbocycles. The van der Waals surface area contributed by atoms with E-state index in [4.69, 9.17) is 0 Å². The molecule has 0 aliphatic carbocycles. The number of phenols is 2. The van der Waals surface area contributed by atoms with Gasteiger partial charge in [-0.05, 0) is 47.8 Å². The van der Waals surface area contributed by atoms with Crippen molar-refractivity contribution in [2.75, 3.05) is 0 Å². The Morgan fingerprint density at radius 2 is 1.06 bits per heavy atom. The van der Waals surface area contributed by atoms with E-state index in [0.29, 0.717) is 17.9 Å². The van der Waals surface area contributed by atoms with Gasteiger partial charge in [-0.3, -0.25) is 0 Å². The van der Waals surface area contributed by atoms with Gasteiger partial charge in [-0.15, -0.1) is 0 Å². The Balaban J connectivity index is 2.31. The average molecular weight is 431 g/mol. The second-order valence-electron chi connectivity index (χ2n) is 11.2. The quantitative estimate of drug-likeness (QED) is 0.445. The van der Waals surface area contributed by atoms with Crippen molar-refractivity contribution in [1.82, 2.24) is 0 Å². The number of rotatable bonds is 4. The van der Waals surface area contributed by atoms with Crippen LogP contribution in [0.5, 0.6) is 11.5 Å². The summed E-state index contributed by atoms with van der Waals surface area (Å²) in [7, 11) is 0. The zero-order valence-corrected chi connectivity index (χ0v) is 20.9. The largest absolute Gasteiger partial charge is 0.507 e. The van der Waals surface area contributed by atoms with Crippen molar-refractivity contribution in [2.45, 2.75) is 78.6 Å². The molecular weight excluding hydrogens is 392 g/mol. The van der Waals surface area contributed by atoms with Gasteiger partial charge in [0, 0.05) is 17.0 Å². The molecule has 3 aromatic rings. The minimum absolute atomic E-state index is 0.167. The summed E-state index contributed by atoms with van der Waals surface area (Å²) in [5.74, 6) is 0.504. The Bertz CT molecular complexity index is 1030. The predicted molar refractivity (Wildman–Crippen MR) is 135 cm³/mol. The molecule has 2 N–H and O–H groups in total. The monoisotopic (exact) mass is 430 g/mol. The van der Waals surface area contributed by atoms with Crippen LogP contribution in [0.15, 0.2) is 54.6 Å². The fraction of sp³-hybridized carbons (Fsp3) is 0.400. The number of benzene rings is 3. The molecular formula is C30H38O2. The highest BCUT2D eigenvalue weighted by Crippen LogP contribution is 2.45. The Labute approximate surface area is 194 Å². The molecule has 0 radical (unpaired) electrons. The van der Waals surface area contributed by atoms with Crippen molar-refractivity contribution in [3.05, 3.63) is 93.5 Å². The SMILES string of the molecule is Cc1cc(C(Cc2ccccc2)c2cc(C)cc(C(C)(C)C)c2O)c(O)c(C(C)(C)C)c1. The molecule has 0 amide bonds. The minimum Gasteiger partial charge on any atom is -0.507 e. The van der Waals surface area contributed by atoms with Gasteiger partial charge in [-0.25, -0.2) is 0 Å². The van der Waals surface area contributed by atoms with E-state index in [9.17, 15) is 10.2 Å². The Morgan fingerprint density at radius 3 is 1.44 bits per heavy atom. The second-order valence-corrected chi connectivity index (χ2v) is 11.2. The molecule has 0 atom stereocenters. The fourth-order valence-corrected chi connectivity index (χ4v) is 4.53. The molecule has 0 aliphatic rings. The first-order valence-electron chi connectivity index (χ1n) is 11.5. The second kappa shape index (κ2) is 8.65. The van der Waals surface area contributed by atoms with Gasteiger partial charge in [0.2, 0.25) is 0 Å². The maximum Gasteiger partial charge on any atom is 0.123 e. The summed E-state index contributed by atoms with van der Waals surface area (Å²) in [5, 5.41) is 22.9. The summed E-state index contributed by atoms with van der Waals surface area (Å²) in [6, 6.07) is 18.6. The average Bonchev–Trinajstić information content (AvgIpc) is 2.68. The van der Waals surface area contributed by atoms with E-state index in [2.05, 4.69) is 91.8 Å². The molecule has 3 rings (SSSR count). The number of phenolic OH excluding ortho intramolecular Hbond substituents is 2. The van der Waals surface area contributed by atoms with Crippen LogP contribution in [-0.4, -0.2) is 10.2 Å². The highest BCUT2D eigenvalue weighted by Gasteiger charge is 2.29. The van der Waals surface area contributed by atoms with E-state index in [-0.39, 0.29) is 16.7 Å². The summed E-state index contributed by atoms with van der Waals surface area (Å²) in [4.78, 5) is 0. The third kappa shape index (κ3) is 5.01. The highest BCUT2D eigenvalue weighted by molar-refractivity contribution is 5.56. The fourth-order valence-electron chi connectivity index (χ4n) is 4.53. The van der Waals surface area contributed by atoms with Crippen LogP contribution in [0.4, 0.5) is 0 Å². The first kappa shape index (κ1) is 23.9. The number of hydrogen-bond donors (Lipinski definition) is 2. The summed E-state index contributed by atoms with van der Waals surface area (Å²) < 4.78 is 0. The standard InChI is InChI=1S/C30H38O2/c1-19-14-23(27(31)25(16-19)29(3,4)5)22(18-21-12-10-9-11-13-21)24-15-20(2)17-26(28(24)32)30(6,7)8/h9-17,22,31-32H,18H2,1-8H3. The van der Waals surface area contributed by atoms with Gasteiger partial charge in [0.1, 0.15) is 11.5 Å². The number of aryl methyl sites for hydroxylation is 2. The third-order valence-electron chi connectivity index (χ3n) is 6.22. The molecule has 0 aliphatic heterocycles. The van der Waals surface area contributed by atoms with Crippen LogP contribution in [0.25, 0.3) is 0 Å². The van der Waals surface area contributed by atoms with E-state index in [1.54, 1.807) is 0 Å². The van der Waals surface area contributed by atoms with Gasteiger partial charge in [-0.1, -0.05) is 107 Å². The zero-order chi connectivity index (χ0) is 23.8. The lowest BCUT2D eigenvalue weighted by Gasteiger charge is -2.29. The summed E-state index contributed by atoms with van der Waals surface area (Å²) >= 11 is 0. The number of hydrogen-bond acceptors (Lipinski definition) is 2. The first-order chi connectivity index (χ1) is 14.8. The van der Waals surface area contributed by atoms with E-state index in [0.717, 1.165) is 33.4 Å². The molecule has 0 bridgehead atoms. The predicted octanol–water partition coefficient (Wildman–Crippen LogP) is 7.68. The van der Waals surface area contributed by atoms with E-state index < -0.39 is 0 Å². The van der Waals surface area contributed by atoms with Crippen molar-refractivity contribution in [1.29, 1.82) is 0 Å². The lowest BCUT2D eigenvalue weighted by atomic mass is 9.76. The van der Waals surface area contributed by atoms with Crippen molar-refractivity contribution >= 4 is 0 Å². The van der Waals surface area contributed by atoms with Gasteiger partial charge in [0.15, 0.2) is 0 Å². The Hall–Kier alpha value is -2.74. The first-order valence-corrected chi connectivity index (χ1v) is 11.5. The summed E-state index contributed by atoms with van der Waals surface area (Å²) in [5.41, 5.74) is 6.66. The lowest BCUT2D eigenvalue weighted by molar-refractivity contribution is 0.427. The maximum atomic E-state index is 11.5. The van der Waals surface area contributed by atoms with Gasteiger partial charge < -0.3 is 10.2 Å². The molecule has 2 heteroatoms. The van der Waals surface area contributed by atoms with Crippen molar-refractivity contribution in [3.63, 3.8) is 0 Å². The van der Waals surface area contributed by atoms with Gasteiger partial charge in [0.05, 0.1) is 0 Å². The van der Waals surface area contributed by atoms with Crippen LogP contribution in [0.1, 0.15) is 86.4 Å². The maximum absolute atomic E-state index is 11.5. The van der Waals surface area contributed by atoms with Crippen molar-refractivity contribution in [3.8, 4) is 11.5 Å². The van der Waals surface area contributed by atoms with Gasteiger partial charge in [0.25, 0.3) is 0 Å². The minimum atomic E-state index is -0.187. The summed E-state index contributed by atoms with van der Waals surface area (Å²) in [6.45, 7) is 16.9. The Morgan fingerprint density at radius 1 is 0.656 bits per heavy atom. The topological polar surface area (TPSA) is 40.5 Å². The molecule has 3 aromatic carbocycles. The molecule has 0 aromatic heterocycles. The van der Waals surface area contributed by atoms with Gasteiger partial charge >= 0.3 is 0 Å². The van der Waals surface area contributed by atoms with Crippen LogP contribution in [0.3, 0.4) is 0 Å². The molecule has 0 spiro atoms. The van der Waals surface area contributed by atoms with E-state index in [1.807, 2.05) is 18.2 Å². The zero-order valence-electron chi connectivity index (χ0n) is 20.9. The van der Waals surface area contributed by atoms with Crippen molar-refractivity contribution < 1.29 is 10.2 Å². The van der Waals surface area contributed by atoms with Crippen LogP contribution in [0.2, 0.25) is 0 Å². The van der Waals surface area contributed by atoms with Crippen molar-refractivity contribution in [2.24, 2.45) is 0 Å². The molecule has 0 unspecified atom stereocenters. The van der Waals surface area contributed by atoms with Crippen LogP contribution in [0, 0.1) is 13.8 Å². The molecule has 32 heavy (non-hydrogen) atoms. The van der Waals surface area contributed by atoms with Gasteiger partial charge in [-0.2, -0.15) is 0 Å². The molecule has 0 saturated heterocycles.